The zero-order chi connectivity index (χ0) is 48.5. The minimum absolute atomic E-state index is 0.0229. The van der Waals surface area contributed by atoms with Crippen molar-refractivity contribution >= 4 is 71.0 Å². The molecule has 65 heavy (non-hydrogen) atoms. The summed E-state index contributed by atoms with van der Waals surface area (Å²) in [6.07, 6.45) is -3.97. The lowest BCUT2D eigenvalue weighted by Crippen LogP contribution is -2.33. The zero-order valence-corrected chi connectivity index (χ0v) is 36.9. The fraction of sp³-hybridized carbons (Fsp3) is 0.364. The lowest BCUT2D eigenvalue weighted by atomic mass is 10.2. The predicted octanol–water partition coefficient (Wildman–Crippen LogP) is 5.95. The van der Waals surface area contributed by atoms with Crippen LogP contribution in [0, 0.1) is 13.8 Å². The largest absolute Gasteiger partial charge is 0.458 e. The minimum atomic E-state index is -1.16. The molecule has 352 valence electrons. The molecule has 4 amide bonds. The number of esters is 4. The molecule has 0 spiro atoms. The zero-order valence-electron chi connectivity index (χ0n) is 36.9. The van der Waals surface area contributed by atoms with Gasteiger partial charge in [-0.25, -0.2) is 38.4 Å². The molecule has 0 aromatic heterocycles. The Morgan fingerprint density at radius 2 is 0.938 bits per heavy atom. The van der Waals surface area contributed by atoms with Gasteiger partial charge < -0.3 is 37.9 Å². The van der Waals surface area contributed by atoms with E-state index >= 15 is 0 Å². The Bertz CT molecular complexity index is 1940. The van der Waals surface area contributed by atoms with Crippen molar-refractivity contribution in [3.8, 4) is 0 Å². The van der Waals surface area contributed by atoms with Gasteiger partial charge >= 0.3 is 48.3 Å². The first-order valence-corrected chi connectivity index (χ1v) is 19.8. The fourth-order valence-electron chi connectivity index (χ4n) is 4.81. The average Bonchev–Trinajstić information content (AvgIpc) is 3.26. The number of nitrogens with one attached hydrogen (secondary N) is 4. The molecule has 21 nitrogen and oxygen atoms in total. The number of hydrogen-bond acceptors (Lipinski definition) is 17. The van der Waals surface area contributed by atoms with Crippen LogP contribution in [-0.4, -0.2) is 125 Å². The second kappa shape index (κ2) is 28.1. The molecule has 0 heterocycles. The molecule has 2 rings (SSSR count). The Morgan fingerprint density at radius 1 is 0.569 bits per heavy atom. The Labute approximate surface area is 376 Å². The van der Waals surface area contributed by atoms with E-state index in [1.807, 2.05) is 11.8 Å². The standard InChI is InChI=1S/C44H55N5O16/c1-10-37(50)60-23-33(25-62-39(52)27(4)5)64-43(56)47-35-21-31(15-13-29(35)8)45-41(54)58-19-17-49(12-3)18-20-59-42(55)46-32-16-14-30(9)36(22-32)48-44(57)65-34(24-61-38(51)11-2)26-63-40(53)28(6)7/h10-11,13-16,21-22,33-34H,1-2,4,6,12,17-20,23-26H2,3,5,7-9H3,(H,45,54)(H,46,55)(H,47,56)(H,48,57). The fourth-order valence-corrected chi connectivity index (χ4v) is 4.81. The van der Waals surface area contributed by atoms with Gasteiger partial charge in [0.25, 0.3) is 0 Å². The Morgan fingerprint density at radius 3 is 1.28 bits per heavy atom. The third kappa shape index (κ3) is 21.3. The number of ether oxygens (including phenoxy) is 8. The number of nitrogens with zero attached hydrogens (tertiary/aromatic N) is 1. The number of carbonyl (C=O) groups excluding carboxylic acids is 8. The normalized spacial score (nSPS) is 11.2. The highest BCUT2D eigenvalue weighted by atomic mass is 16.6. The van der Waals surface area contributed by atoms with Crippen LogP contribution in [0.1, 0.15) is 31.9 Å². The number of carbonyl (C=O) groups is 8. The van der Waals surface area contributed by atoms with Gasteiger partial charge in [0, 0.05) is 59.1 Å². The van der Waals surface area contributed by atoms with Crippen LogP contribution in [0.25, 0.3) is 0 Å². The van der Waals surface area contributed by atoms with Gasteiger partial charge in [-0.1, -0.05) is 45.4 Å². The van der Waals surface area contributed by atoms with E-state index in [1.165, 1.54) is 26.0 Å². The van der Waals surface area contributed by atoms with E-state index in [0.717, 1.165) is 12.2 Å². The van der Waals surface area contributed by atoms with Crippen LogP contribution in [0.4, 0.5) is 41.9 Å². The topological polar surface area (TPSA) is 262 Å². The van der Waals surface area contributed by atoms with E-state index in [1.54, 1.807) is 38.1 Å². The van der Waals surface area contributed by atoms with Crippen molar-refractivity contribution in [3.05, 3.63) is 97.1 Å². The number of rotatable bonds is 25. The maximum absolute atomic E-state index is 12.8. The van der Waals surface area contributed by atoms with Crippen molar-refractivity contribution in [1.82, 2.24) is 4.90 Å². The van der Waals surface area contributed by atoms with Gasteiger partial charge in [-0.3, -0.25) is 26.2 Å². The van der Waals surface area contributed by atoms with Crippen molar-refractivity contribution < 1.29 is 76.3 Å². The number of hydrogen-bond donors (Lipinski definition) is 4. The molecule has 0 fully saturated rings. The molecule has 2 aromatic rings. The Balaban J connectivity index is 1.85. The van der Waals surface area contributed by atoms with Gasteiger partial charge in [0.2, 0.25) is 0 Å². The van der Waals surface area contributed by atoms with E-state index in [9.17, 15) is 38.4 Å². The van der Waals surface area contributed by atoms with E-state index in [-0.39, 0.29) is 47.1 Å². The molecule has 0 radical (unpaired) electrons. The molecular weight excluding hydrogens is 855 g/mol. The smallest absolute Gasteiger partial charge is 0.412 e. The summed E-state index contributed by atoms with van der Waals surface area (Å²) in [5.74, 6) is -3.01. The molecule has 21 heteroatoms. The monoisotopic (exact) mass is 909 g/mol. The molecule has 2 aromatic carbocycles. The van der Waals surface area contributed by atoms with E-state index < -0.39 is 86.9 Å². The summed E-state index contributed by atoms with van der Waals surface area (Å²) in [4.78, 5) is 99.4. The van der Waals surface area contributed by atoms with Crippen molar-refractivity contribution in [1.29, 1.82) is 0 Å². The van der Waals surface area contributed by atoms with Gasteiger partial charge in [0.1, 0.15) is 39.6 Å². The molecule has 0 aliphatic rings. The average molecular weight is 910 g/mol. The van der Waals surface area contributed by atoms with Crippen LogP contribution in [0.5, 0.6) is 0 Å². The lowest BCUT2D eigenvalue weighted by Gasteiger charge is -2.20. The molecule has 0 saturated carbocycles. The van der Waals surface area contributed by atoms with Gasteiger partial charge in [-0.05, 0) is 69.6 Å². The molecule has 2 atom stereocenters. The molecule has 0 aliphatic heterocycles. The SMILES string of the molecule is C=CC(=O)OCC(COC(=O)C(=C)C)OC(=O)Nc1cc(NC(=O)OCCN(CC)CCOC(=O)Nc2ccc(C)c(NC(=O)OC(COC(=O)C=C)COC(=O)C(=C)C)c2)ccc1C. The van der Waals surface area contributed by atoms with Crippen LogP contribution < -0.4 is 21.3 Å². The summed E-state index contributed by atoms with van der Waals surface area (Å²) in [5, 5.41) is 10.2. The van der Waals surface area contributed by atoms with E-state index in [2.05, 4.69) is 47.6 Å². The van der Waals surface area contributed by atoms with Crippen molar-refractivity contribution in [3.63, 3.8) is 0 Å². The van der Waals surface area contributed by atoms with Crippen LogP contribution in [-0.2, 0) is 57.1 Å². The number of likely N-dealkylation sites (N-methyl/N-ethyl adjacent to an activating group) is 1. The van der Waals surface area contributed by atoms with Gasteiger partial charge in [0.15, 0.2) is 12.2 Å². The molecule has 0 aliphatic carbocycles. The van der Waals surface area contributed by atoms with E-state index in [4.69, 9.17) is 37.9 Å². The molecule has 2 unspecified atom stereocenters. The maximum atomic E-state index is 12.8. The van der Waals surface area contributed by atoms with Gasteiger partial charge in [-0.15, -0.1) is 0 Å². The summed E-state index contributed by atoms with van der Waals surface area (Å²) in [5.41, 5.74) is 2.55. The first-order valence-electron chi connectivity index (χ1n) is 19.8. The van der Waals surface area contributed by atoms with Gasteiger partial charge in [0.05, 0.1) is 0 Å². The van der Waals surface area contributed by atoms with E-state index in [0.29, 0.717) is 30.8 Å². The highest BCUT2D eigenvalue weighted by Crippen LogP contribution is 2.22. The molecule has 0 saturated heterocycles. The molecular formula is C44H55N5O16. The quantitative estimate of drug-likeness (QED) is 0.0509. The van der Waals surface area contributed by atoms with Crippen molar-refractivity contribution in [2.24, 2.45) is 0 Å². The summed E-state index contributed by atoms with van der Waals surface area (Å²) in [7, 11) is 0. The van der Waals surface area contributed by atoms with Gasteiger partial charge in [-0.2, -0.15) is 0 Å². The number of anilines is 4. The van der Waals surface area contributed by atoms with Crippen LogP contribution in [0.3, 0.4) is 0 Å². The molecule has 0 bridgehead atoms. The highest BCUT2D eigenvalue weighted by molar-refractivity contribution is 5.91. The lowest BCUT2D eigenvalue weighted by molar-refractivity contribution is -0.148. The predicted molar refractivity (Wildman–Crippen MR) is 236 cm³/mol. The minimum Gasteiger partial charge on any atom is -0.458 e. The highest BCUT2D eigenvalue weighted by Gasteiger charge is 2.22. The number of aryl methyl sites for hydroxylation is 2. The van der Waals surface area contributed by atoms with Crippen LogP contribution in [0.2, 0.25) is 0 Å². The summed E-state index contributed by atoms with van der Waals surface area (Å²) in [6.45, 7) is 21.1. The first-order chi connectivity index (χ1) is 30.8. The van der Waals surface area contributed by atoms with Crippen LogP contribution in [0.15, 0.2) is 86.0 Å². The van der Waals surface area contributed by atoms with Crippen molar-refractivity contribution in [2.75, 3.05) is 80.5 Å². The molecule has 4 N–H and O–H groups in total. The summed E-state index contributed by atoms with van der Waals surface area (Å²) < 4.78 is 41.2. The Kier molecular flexibility index (Phi) is 23.1. The third-order valence-electron chi connectivity index (χ3n) is 8.37. The maximum Gasteiger partial charge on any atom is 0.412 e. The number of benzene rings is 2. The number of amides is 4. The summed E-state index contributed by atoms with van der Waals surface area (Å²) >= 11 is 0. The first kappa shape index (κ1) is 53.5. The van der Waals surface area contributed by atoms with Crippen LogP contribution >= 0.6 is 0 Å². The summed E-state index contributed by atoms with van der Waals surface area (Å²) in [6, 6.07) is 9.36. The Hall–Kier alpha value is -7.68. The second-order valence-electron chi connectivity index (χ2n) is 13.7. The van der Waals surface area contributed by atoms with Crippen molar-refractivity contribution in [2.45, 2.75) is 46.8 Å². The second-order valence-corrected chi connectivity index (χ2v) is 13.7. The third-order valence-corrected chi connectivity index (χ3v) is 8.37.